The Balaban J connectivity index is 1.81. The van der Waals surface area contributed by atoms with Gasteiger partial charge in [-0.25, -0.2) is 0 Å². The first-order chi connectivity index (χ1) is 7.75. The summed E-state index contributed by atoms with van der Waals surface area (Å²) in [5, 5.41) is 12.9. The number of amides is 1. The van der Waals surface area contributed by atoms with Gasteiger partial charge < -0.3 is 10.4 Å². The molecule has 0 saturated heterocycles. The van der Waals surface area contributed by atoms with E-state index in [2.05, 4.69) is 5.32 Å². The molecule has 1 saturated carbocycles. The standard InChI is InChI=1S/C13H15NO2/c15-11-7-9-3-1-2-4-10(9)12(11)14-13(16)8-5-6-8/h1-4,8,11-12,15H,5-7H2,(H,14,16)/t11-,12-/m1/s1. The Bertz CT molecular complexity index is 426. The zero-order chi connectivity index (χ0) is 11.1. The van der Waals surface area contributed by atoms with E-state index in [-0.39, 0.29) is 17.9 Å². The number of aliphatic hydroxyl groups excluding tert-OH is 1. The highest BCUT2D eigenvalue weighted by molar-refractivity contribution is 5.81. The third kappa shape index (κ3) is 1.61. The summed E-state index contributed by atoms with van der Waals surface area (Å²) in [6, 6.07) is 7.72. The Kier molecular flexibility index (Phi) is 2.21. The molecule has 0 aliphatic heterocycles. The largest absolute Gasteiger partial charge is 0.390 e. The summed E-state index contributed by atoms with van der Waals surface area (Å²) in [5.41, 5.74) is 2.22. The molecule has 0 bridgehead atoms. The molecule has 0 aromatic heterocycles. The molecule has 3 heteroatoms. The van der Waals surface area contributed by atoms with Crippen LogP contribution >= 0.6 is 0 Å². The minimum atomic E-state index is -0.472. The molecule has 16 heavy (non-hydrogen) atoms. The first-order valence-corrected chi connectivity index (χ1v) is 5.82. The van der Waals surface area contributed by atoms with E-state index in [0.29, 0.717) is 6.42 Å². The maximum absolute atomic E-state index is 11.7. The second-order valence-electron chi connectivity index (χ2n) is 4.73. The highest BCUT2D eigenvalue weighted by Crippen LogP contribution is 2.34. The highest BCUT2D eigenvalue weighted by atomic mass is 16.3. The lowest BCUT2D eigenvalue weighted by atomic mass is 10.1. The Hall–Kier alpha value is -1.35. The molecule has 1 aromatic carbocycles. The Labute approximate surface area is 94.5 Å². The van der Waals surface area contributed by atoms with E-state index >= 15 is 0 Å². The molecule has 3 rings (SSSR count). The van der Waals surface area contributed by atoms with Gasteiger partial charge in [0, 0.05) is 12.3 Å². The van der Waals surface area contributed by atoms with Crippen molar-refractivity contribution in [3.63, 3.8) is 0 Å². The van der Waals surface area contributed by atoms with Gasteiger partial charge in [-0.3, -0.25) is 4.79 Å². The second-order valence-corrected chi connectivity index (χ2v) is 4.73. The van der Waals surface area contributed by atoms with E-state index in [1.807, 2.05) is 24.3 Å². The molecule has 0 radical (unpaired) electrons. The summed E-state index contributed by atoms with van der Waals surface area (Å²) in [5.74, 6) is 0.292. The quantitative estimate of drug-likeness (QED) is 0.781. The zero-order valence-electron chi connectivity index (χ0n) is 9.02. The molecule has 0 unspecified atom stereocenters. The number of hydrogen-bond acceptors (Lipinski definition) is 2. The van der Waals surface area contributed by atoms with Crippen LogP contribution in [0.3, 0.4) is 0 Å². The number of benzene rings is 1. The van der Waals surface area contributed by atoms with Crippen molar-refractivity contribution in [3.05, 3.63) is 35.4 Å². The smallest absolute Gasteiger partial charge is 0.223 e. The van der Waals surface area contributed by atoms with Crippen LogP contribution in [0, 0.1) is 5.92 Å². The fourth-order valence-corrected chi connectivity index (χ4v) is 2.36. The number of rotatable bonds is 2. The lowest BCUT2D eigenvalue weighted by Gasteiger charge is -2.17. The van der Waals surface area contributed by atoms with Gasteiger partial charge in [-0.2, -0.15) is 0 Å². The van der Waals surface area contributed by atoms with Crippen molar-refractivity contribution in [2.45, 2.75) is 31.4 Å². The number of nitrogens with one attached hydrogen (secondary N) is 1. The van der Waals surface area contributed by atoms with Crippen LogP contribution in [0.15, 0.2) is 24.3 Å². The number of hydrogen-bond donors (Lipinski definition) is 2. The number of carbonyl (C=O) groups is 1. The Morgan fingerprint density at radius 2 is 2.06 bits per heavy atom. The van der Waals surface area contributed by atoms with Crippen molar-refractivity contribution in [1.82, 2.24) is 5.32 Å². The van der Waals surface area contributed by atoms with Crippen LogP contribution in [0.4, 0.5) is 0 Å². The van der Waals surface area contributed by atoms with Gasteiger partial charge in [-0.05, 0) is 24.0 Å². The van der Waals surface area contributed by atoms with Gasteiger partial charge in [0.2, 0.25) is 5.91 Å². The lowest BCUT2D eigenvalue weighted by molar-refractivity contribution is -0.123. The molecule has 2 aliphatic carbocycles. The van der Waals surface area contributed by atoms with Gasteiger partial charge in [-0.15, -0.1) is 0 Å². The summed E-state index contributed by atoms with van der Waals surface area (Å²) < 4.78 is 0. The molecule has 2 N–H and O–H groups in total. The van der Waals surface area contributed by atoms with Crippen LogP contribution in [0.1, 0.15) is 30.0 Å². The van der Waals surface area contributed by atoms with Crippen molar-refractivity contribution >= 4 is 5.91 Å². The molecule has 1 aromatic rings. The van der Waals surface area contributed by atoms with E-state index in [1.54, 1.807) is 0 Å². The normalized spacial score (nSPS) is 27.6. The molecular weight excluding hydrogens is 202 g/mol. The van der Waals surface area contributed by atoms with E-state index in [4.69, 9.17) is 0 Å². The summed E-state index contributed by atoms with van der Waals surface area (Å²) in [7, 11) is 0. The summed E-state index contributed by atoms with van der Waals surface area (Å²) >= 11 is 0. The lowest BCUT2D eigenvalue weighted by Crippen LogP contribution is -2.34. The van der Waals surface area contributed by atoms with Crippen molar-refractivity contribution in [1.29, 1.82) is 0 Å². The molecule has 2 aliphatic rings. The molecule has 2 atom stereocenters. The number of fused-ring (bicyclic) bond motifs is 1. The second kappa shape index (κ2) is 3.59. The fourth-order valence-electron chi connectivity index (χ4n) is 2.36. The average Bonchev–Trinajstić information content (AvgIpc) is 3.06. The Morgan fingerprint density at radius 3 is 2.81 bits per heavy atom. The van der Waals surface area contributed by atoms with Crippen molar-refractivity contribution < 1.29 is 9.90 Å². The first-order valence-electron chi connectivity index (χ1n) is 5.82. The molecule has 3 nitrogen and oxygen atoms in total. The average molecular weight is 217 g/mol. The topological polar surface area (TPSA) is 49.3 Å². The van der Waals surface area contributed by atoms with Crippen LogP contribution in [0.2, 0.25) is 0 Å². The number of carbonyl (C=O) groups excluding carboxylic acids is 1. The van der Waals surface area contributed by atoms with E-state index in [0.717, 1.165) is 24.0 Å². The molecular formula is C13H15NO2. The minimum Gasteiger partial charge on any atom is -0.390 e. The minimum absolute atomic E-state index is 0.0979. The van der Waals surface area contributed by atoms with E-state index < -0.39 is 6.10 Å². The van der Waals surface area contributed by atoms with E-state index in [1.165, 1.54) is 0 Å². The van der Waals surface area contributed by atoms with Crippen molar-refractivity contribution in [3.8, 4) is 0 Å². The van der Waals surface area contributed by atoms with Crippen LogP contribution in [0.5, 0.6) is 0 Å². The van der Waals surface area contributed by atoms with Crippen LogP contribution in [0.25, 0.3) is 0 Å². The van der Waals surface area contributed by atoms with Gasteiger partial charge in [0.05, 0.1) is 12.1 Å². The maximum Gasteiger partial charge on any atom is 0.223 e. The maximum atomic E-state index is 11.7. The van der Waals surface area contributed by atoms with Crippen LogP contribution in [-0.2, 0) is 11.2 Å². The van der Waals surface area contributed by atoms with Gasteiger partial charge in [0.15, 0.2) is 0 Å². The summed E-state index contributed by atoms with van der Waals surface area (Å²) in [6.07, 6.45) is 2.17. The third-order valence-electron chi connectivity index (χ3n) is 3.45. The van der Waals surface area contributed by atoms with Gasteiger partial charge in [0.1, 0.15) is 0 Å². The molecule has 84 valence electrons. The Morgan fingerprint density at radius 1 is 1.31 bits per heavy atom. The van der Waals surface area contributed by atoms with Gasteiger partial charge in [-0.1, -0.05) is 24.3 Å². The first kappa shape index (κ1) is 9.85. The number of aliphatic hydroxyl groups is 1. The fraction of sp³-hybridized carbons (Fsp3) is 0.462. The van der Waals surface area contributed by atoms with Crippen molar-refractivity contribution in [2.75, 3.05) is 0 Å². The van der Waals surface area contributed by atoms with Crippen molar-refractivity contribution in [2.24, 2.45) is 5.92 Å². The monoisotopic (exact) mass is 217 g/mol. The highest BCUT2D eigenvalue weighted by Gasteiger charge is 2.36. The third-order valence-corrected chi connectivity index (χ3v) is 3.45. The van der Waals surface area contributed by atoms with Crippen LogP contribution < -0.4 is 5.32 Å². The summed E-state index contributed by atoms with van der Waals surface area (Å²) in [6.45, 7) is 0. The zero-order valence-corrected chi connectivity index (χ0v) is 9.02. The summed E-state index contributed by atoms with van der Waals surface area (Å²) in [4.78, 5) is 11.7. The predicted molar refractivity (Wildman–Crippen MR) is 59.8 cm³/mol. The van der Waals surface area contributed by atoms with Gasteiger partial charge >= 0.3 is 0 Å². The molecule has 1 amide bonds. The molecule has 1 fully saturated rings. The molecule has 0 heterocycles. The van der Waals surface area contributed by atoms with E-state index in [9.17, 15) is 9.90 Å². The predicted octanol–water partition coefficient (Wildman–Crippen LogP) is 1.17. The van der Waals surface area contributed by atoms with Crippen LogP contribution in [-0.4, -0.2) is 17.1 Å². The molecule has 0 spiro atoms. The SMILES string of the molecule is O=C(N[C@@H]1c2ccccc2C[C@H]1O)C1CC1. The van der Waals surface area contributed by atoms with Gasteiger partial charge in [0.25, 0.3) is 0 Å².